The van der Waals surface area contributed by atoms with Crippen LogP contribution in [-0.2, 0) is 4.79 Å². The molecule has 0 aliphatic rings. The largest absolute Gasteiger partial charge is 0.507 e. The number of nitrogens with one attached hydrogen (secondary N) is 1. The molecule has 0 radical (unpaired) electrons. The molecular weight excluding hydrogens is 490 g/mol. The first kappa shape index (κ1) is 21.8. The van der Waals surface area contributed by atoms with Crippen molar-refractivity contribution in [2.75, 3.05) is 5.75 Å². The summed E-state index contributed by atoms with van der Waals surface area (Å²) >= 11 is 4.60. The lowest BCUT2D eigenvalue weighted by atomic mass is 10.2. The van der Waals surface area contributed by atoms with Gasteiger partial charge in [-0.15, -0.1) is 10.2 Å². The zero-order valence-corrected chi connectivity index (χ0v) is 19.1. The normalized spacial score (nSPS) is 11.0. The fourth-order valence-electron chi connectivity index (χ4n) is 2.91. The molecular formula is C23H18BrN5O2S. The number of hydrogen-bond donors (Lipinski definition) is 2. The number of amides is 1. The highest BCUT2D eigenvalue weighted by molar-refractivity contribution is 9.10. The first-order chi connectivity index (χ1) is 15.6. The Morgan fingerprint density at radius 3 is 2.53 bits per heavy atom. The number of phenols is 1. The van der Waals surface area contributed by atoms with Gasteiger partial charge in [-0.25, -0.2) is 5.43 Å². The van der Waals surface area contributed by atoms with E-state index in [2.05, 4.69) is 36.7 Å². The van der Waals surface area contributed by atoms with Crippen molar-refractivity contribution in [1.82, 2.24) is 20.2 Å². The first-order valence-corrected chi connectivity index (χ1v) is 11.4. The highest BCUT2D eigenvalue weighted by Gasteiger charge is 2.17. The van der Waals surface area contributed by atoms with Crippen LogP contribution in [0.4, 0.5) is 0 Å². The Kier molecular flexibility index (Phi) is 6.98. The summed E-state index contributed by atoms with van der Waals surface area (Å²) in [5, 5.41) is 23.0. The average molecular weight is 508 g/mol. The van der Waals surface area contributed by atoms with E-state index in [1.165, 1.54) is 18.0 Å². The van der Waals surface area contributed by atoms with Gasteiger partial charge >= 0.3 is 0 Å². The summed E-state index contributed by atoms with van der Waals surface area (Å²) in [6.07, 6.45) is 1.39. The summed E-state index contributed by atoms with van der Waals surface area (Å²) in [5.74, 6) is 0.569. The predicted octanol–water partition coefficient (Wildman–Crippen LogP) is 4.64. The number of rotatable bonds is 7. The number of benzene rings is 3. The van der Waals surface area contributed by atoms with Crippen LogP contribution in [0.5, 0.6) is 5.75 Å². The van der Waals surface area contributed by atoms with Crippen molar-refractivity contribution in [2.45, 2.75) is 5.16 Å². The van der Waals surface area contributed by atoms with Gasteiger partial charge in [-0.3, -0.25) is 9.36 Å². The van der Waals surface area contributed by atoms with Crippen molar-refractivity contribution in [3.63, 3.8) is 0 Å². The fraction of sp³-hybridized carbons (Fsp3) is 0.0435. The summed E-state index contributed by atoms with van der Waals surface area (Å²) in [4.78, 5) is 12.3. The van der Waals surface area contributed by atoms with Crippen molar-refractivity contribution in [3.8, 4) is 22.8 Å². The standard InChI is InChI=1S/C23H18BrN5O2S/c24-18-11-12-20(30)17(13-18)14-25-26-21(31)15-32-23-28-27-22(16-7-3-1-4-8-16)29(23)19-9-5-2-6-10-19/h1-14,30H,15H2,(H,26,31). The Bertz CT molecular complexity index is 1250. The molecule has 160 valence electrons. The van der Waals surface area contributed by atoms with E-state index in [4.69, 9.17) is 0 Å². The van der Waals surface area contributed by atoms with Crippen LogP contribution in [-0.4, -0.2) is 37.7 Å². The number of carbonyl (C=O) groups excluding carboxylic acids is 1. The van der Waals surface area contributed by atoms with Gasteiger partial charge in [0.1, 0.15) is 5.75 Å². The van der Waals surface area contributed by atoms with E-state index in [1.54, 1.807) is 18.2 Å². The number of hydrazone groups is 1. The minimum absolute atomic E-state index is 0.0741. The molecule has 0 atom stereocenters. The van der Waals surface area contributed by atoms with Crippen molar-refractivity contribution < 1.29 is 9.90 Å². The summed E-state index contributed by atoms with van der Waals surface area (Å²) < 4.78 is 2.73. The maximum Gasteiger partial charge on any atom is 0.250 e. The number of para-hydroxylation sites is 1. The molecule has 7 nitrogen and oxygen atoms in total. The van der Waals surface area contributed by atoms with E-state index >= 15 is 0 Å². The molecule has 0 fully saturated rings. The number of aromatic hydroxyl groups is 1. The first-order valence-electron chi connectivity index (χ1n) is 9.61. The number of thioether (sulfide) groups is 1. The summed E-state index contributed by atoms with van der Waals surface area (Å²) in [7, 11) is 0. The van der Waals surface area contributed by atoms with Crippen LogP contribution in [0.2, 0.25) is 0 Å². The number of carbonyl (C=O) groups is 1. The molecule has 0 aliphatic carbocycles. The average Bonchev–Trinajstić information content (AvgIpc) is 3.25. The summed E-state index contributed by atoms with van der Waals surface area (Å²) in [6, 6.07) is 24.5. The third kappa shape index (κ3) is 5.24. The highest BCUT2D eigenvalue weighted by Crippen LogP contribution is 2.27. The third-order valence-electron chi connectivity index (χ3n) is 4.39. The summed E-state index contributed by atoms with van der Waals surface area (Å²) in [5.41, 5.74) is 4.80. The van der Waals surface area contributed by atoms with Gasteiger partial charge < -0.3 is 5.11 Å². The molecule has 0 aliphatic heterocycles. The van der Waals surface area contributed by atoms with Crippen LogP contribution >= 0.6 is 27.7 Å². The molecule has 4 aromatic rings. The van der Waals surface area contributed by atoms with Gasteiger partial charge in [-0.05, 0) is 30.3 Å². The molecule has 1 amide bonds. The summed E-state index contributed by atoms with van der Waals surface area (Å²) in [6.45, 7) is 0. The van der Waals surface area contributed by atoms with E-state index < -0.39 is 0 Å². The van der Waals surface area contributed by atoms with Crippen LogP contribution in [0.1, 0.15) is 5.56 Å². The van der Waals surface area contributed by atoms with Gasteiger partial charge in [-0.1, -0.05) is 76.2 Å². The molecule has 0 bridgehead atoms. The maximum atomic E-state index is 12.3. The Labute approximate surface area is 197 Å². The van der Waals surface area contributed by atoms with Gasteiger partial charge in [0.2, 0.25) is 0 Å². The topological polar surface area (TPSA) is 92.4 Å². The molecule has 1 aromatic heterocycles. The monoisotopic (exact) mass is 507 g/mol. The van der Waals surface area contributed by atoms with Crippen LogP contribution in [0.3, 0.4) is 0 Å². The van der Waals surface area contributed by atoms with Crippen molar-refractivity contribution in [1.29, 1.82) is 0 Å². The molecule has 0 saturated heterocycles. The lowest BCUT2D eigenvalue weighted by Gasteiger charge is -2.10. The van der Waals surface area contributed by atoms with Crippen LogP contribution < -0.4 is 5.43 Å². The molecule has 4 rings (SSSR count). The van der Waals surface area contributed by atoms with E-state index in [0.717, 1.165) is 15.7 Å². The minimum Gasteiger partial charge on any atom is -0.507 e. The van der Waals surface area contributed by atoms with Crippen molar-refractivity contribution >= 4 is 39.8 Å². The number of halogens is 1. The van der Waals surface area contributed by atoms with Gasteiger partial charge in [-0.2, -0.15) is 5.10 Å². The zero-order chi connectivity index (χ0) is 22.3. The Morgan fingerprint density at radius 1 is 1.06 bits per heavy atom. The van der Waals surface area contributed by atoms with E-state index in [0.29, 0.717) is 16.5 Å². The van der Waals surface area contributed by atoms with Gasteiger partial charge in [0.05, 0.1) is 12.0 Å². The number of nitrogens with zero attached hydrogens (tertiary/aromatic N) is 4. The smallest absolute Gasteiger partial charge is 0.250 e. The third-order valence-corrected chi connectivity index (χ3v) is 5.82. The molecule has 9 heteroatoms. The predicted molar refractivity (Wildman–Crippen MR) is 129 cm³/mol. The molecule has 0 saturated carbocycles. The number of phenolic OH excluding ortho intramolecular Hbond substituents is 1. The SMILES string of the molecule is O=C(CSc1nnc(-c2ccccc2)n1-c1ccccc1)NN=Cc1cc(Br)ccc1O. The van der Waals surface area contributed by atoms with E-state index in [9.17, 15) is 9.90 Å². The minimum atomic E-state index is -0.301. The Balaban J connectivity index is 1.48. The maximum absolute atomic E-state index is 12.3. The van der Waals surface area contributed by atoms with Gasteiger partial charge in [0.25, 0.3) is 5.91 Å². The zero-order valence-electron chi connectivity index (χ0n) is 16.7. The van der Waals surface area contributed by atoms with Gasteiger partial charge in [0.15, 0.2) is 11.0 Å². The van der Waals surface area contributed by atoms with E-state index in [1.807, 2.05) is 65.2 Å². The van der Waals surface area contributed by atoms with E-state index in [-0.39, 0.29) is 17.4 Å². The van der Waals surface area contributed by atoms with Crippen LogP contribution in [0, 0.1) is 0 Å². The second kappa shape index (κ2) is 10.3. The lowest BCUT2D eigenvalue weighted by Crippen LogP contribution is -2.20. The van der Waals surface area contributed by atoms with Gasteiger partial charge in [0, 0.05) is 21.3 Å². The Morgan fingerprint density at radius 2 is 1.78 bits per heavy atom. The molecule has 0 unspecified atom stereocenters. The fourth-order valence-corrected chi connectivity index (χ4v) is 4.04. The second-order valence-electron chi connectivity index (χ2n) is 6.63. The van der Waals surface area contributed by atoms with Crippen molar-refractivity contribution in [3.05, 3.63) is 88.9 Å². The highest BCUT2D eigenvalue weighted by atomic mass is 79.9. The number of hydrogen-bond acceptors (Lipinski definition) is 6. The van der Waals surface area contributed by atoms with Crippen molar-refractivity contribution in [2.24, 2.45) is 5.10 Å². The molecule has 0 spiro atoms. The van der Waals surface area contributed by atoms with Crippen LogP contribution in [0.15, 0.2) is 93.6 Å². The molecule has 1 heterocycles. The molecule has 32 heavy (non-hydrogen) atoms. The quantitative estimate of drug-likeness (QED) is 0.216. The number of aromatic nitrogens is 3. The lowest BCUT2D eigenvalue weighted by molar-refractivity contribution is -0.118. The Hall–Kier alpha value is -3.43. The molecule has 3 aromatic carbocycles. The molecule has 2 N–H and O–H groups in total. The van der Waals surface area contributed by atoms with Crippen LogP contribution in [0.25, 0.3) is 17.1 Å². The second-order valence-corrected chi connectivity index (χ2v) is 8.49.